The van der Waals surface area contributed by atoms with Gasteiger partial charge in [-0.05, 0) is 61.4 Å². The number of nitrogens with one attached hydrogen (secondary N) is 1. The van der Waals surface area contributed by atoms with Crippen molar-refractivity contribution in [1.29, 1.82) is 10.5 Å². The quantitative estimate of drug-likeness (QED) is 0.271. The number of anilines is 1. The molecule has 0 heterocycles. The first-order valence-electron chi connectivity index (χ1n) is 10.6. The summed E-state index contributed by atoms with van der Waals surface area (Å²) in [7, 11) is 0. The Labute approximate surface area is 213 Å². The Hall–Kier alpha value is -3.97. The molecule has 6 nitrogen and oxygen atoms in total. The fourth-order valence-electron chi connectivity index (χ4n) is 3.16. The lowest BCUT2D eigenvalue weighted by Crippen LogP contribution is -2.13. The van der Waals surface area contributed by atoms with Crippen molar-refractivity contribution in [3.05, 3.63) is 92.5 Å². The number of nitriles is 2. The molecule has 8 heteroatoms. The molecule has 0 unspecified atom stereocenters. The number of hydrogen-bond acceptors (Lipinski definition) is 5. The van der Waals surface area contributed by atoms with Gasteiger partial charge in [-0.2, -0.15) is 10.5 Å². The number of hydrogen-bond donors (Lipinski definition) is 1. The molecule has 1 N–H and O–H groups in total. The maximum atomic E-state index is 12.7. The summed E-state index contributed by atoms with van der Waals surface area (Å²) < 4.78 is 11.6. The molecule has 0 aromatic heterocycles. The van der Waals surface area contributed by atoms with E-state index in [0.717, 1.165) is 5.56 Å². The standard InChI is InChI=1S/C27H21Cl2N3O3/c1-3-34-25-12-18(10-21(15-31)27(33)32-22-9-8-17(2)23(28)13-22)11-24(29)26(25)35-16-20-7-5-4-6-19(20)14-30/h4-13H,3,16H2,1-2H3,(H,32,33)/b21-10-. The van der Waals surface area contributed by atoms with Gasteiger partial charge in [-0.3, -0.25) is 4.79 Å². The van der Waals surface area contributed by atoms with Gasteiger partial charge in [0.25, 0.3) is 5.91 Å². The summed E-state index contributed by atoms with van der Waals surface area (Å²) in [4.78, 5) is 12.7. The van der Waals surface area contributed by atoms with Crippen LogP contribution in [0.1, 0.15) is 29.2 Å². The van der Waals surface area contributed by atoms with Gasteiger partial charge >= 0.3 is 0 Å². The van der Waals surface area contributed by atoms with Gasteiger partial charge in [0.15, 0.2) is 11.5 Å². The molecule has 3 aromatic rings. The maximum absolute atomic E-state index is 12.7. The van der Waals surface area contributed by atoms with Gasteiger partial charge in [0.05, 0.1) is 23.3 Å². The highest BCUT2D eigenvalue weighted by atomic mass is 35.5. The lowest BCUT2D eigenvalue weighted by atomic mass is 10.1. The molecular formula is C27H21Cl2N3O3. The van der Waals surface area contributed by atoms with Crippen LogP contribution in [-0.4, -0.2) is 12.5 Å². The zero-order valence-electron chi connectivity index (χ0n) is 19.1. The Balaban J connectivity index is 1.87. The summed E-state index contributed by atoms with van der Waals surface area (Å²) in [6.45, 7) is 4.12. The molecule has 0 fully saturated rings. The average molecular weight is 506 g/mol. The molecular weight excluding hydrogens is 485 g/mol. The van der Waals surface area contributed by atoms with Crippen LogP contribution < -0.4 is 14.8 Å². The van der Waals surface area contributed by atoms with Gasteiger partial charge in [0.2, 0.25) is 0 Å². The molecule has 0 saturated heterocycles. The zero-order chi connectivity index (χ0) is 25.4. The van der Waals surface area contributed by atoms with E-state index in [1.54, 1.807) is 48.5 Å². The predicted octanol–water partition coefficient (Wildman–Crippen LogP) is 6.70. The zero-order valence-corrected chi connectivity index (χ0v) is 20.6. The number of aryl methyl sites for hydroxylation is 1. The summed E-state index contributed by atoms with van der Waals surface area (Å²) in [5.74, 6) is 0.0642. The number of nitrogens with zero attached hydrogens (tertiary/aromatic N) is 2. The molecule has 1 amide bonds. The second-order valence-electron chi connectivity index (χ2n) is 7.41. The smallest absolute Gasteiger partial charge is 0.266 e. The molecule has 35 heavy (non-hydrogen) atoms. The Morgan fingerprint density at radius 1 is 1.06 bits per heavy atom. The highest BCUT2D eigenvalue weighted by molar-refractivity contribution is 6.32. The molecule has 3 rings (SSSR count). The lowest BCUT2D eigenvalue weighted by molar-refractivity contribution is -0.112. The minimum absolute atomic E-state index is 0.115. The van der Waals surface area contributed by atoms with Crippen LogP contribution in [0.3, 0.4) is 0 Å². The fourth-order valence-corrected chi connectivity index (χ4v) is 3.62. The fraction of sp³-hybridized carbons (Fsp3) is 0.148. The molecule has 0 radical (unpaired) electrons. The van der Waals surface area contributed by atoms with Crippen LogP contribution in [0.5, 0.6) is 11.5 Å². The van der Waals surface area contributed by atoms with Crippen molar-refractivity contribution >= 4 is 40.9 Å². The van der Waals surface area contributed by atoms with Gasteiger partial charge in [0, 0.05) is 16.3 Å². The number of amides is 1. The predicted molar refractivity (Wildman–Crippen MR) is 137 cm³/mol. The molecule has 0 aliphatic carbocycles. The van der Waals surface area contributed by atoms with Gasteiger partial charge in [-0.15, -0.1) is 0 Å². The molecule has 0 aliphatic heterocycles. The number of carbonyl (C=O) groups excluding carboxylic acids is 1. The van der Waals surface area contributed by atoms with E-state index >= 15 is 0 Å². The first kappa shape index (κ1) is 25.6. The normalized spacial score (nSPS) is 10.7. The SMILES string of the molecule is CCOc1cc(/C=C(/C#N)C(=O)Nc2ccc(C)c(Cl)c2)cc(Cl)c1OCc1ccccc1C#N. The second-order valence-corrected chi connectivity index (χ2v) is 8.22. The van der Waals surface area contributed by atoms with E-state index in [-0.39, 0.29) is 17.2 Å². The van der Waals surface area contributed by atoms with Crippen molar-refractivity contribution in [3.8, 4) is 23.6 Å². The van der Waals surface area contributed by atoms with Crippen LogP contribution in [0.25, 0.3) is 6.08 Å². The summed E-state index contributed by atoms with van der Waals surface area (Å²) in [6, 6.07) is 19.4. The molecule has 0 bridgehead atoms. The van der Waals surface area contributed by atoms with Crippen molar-refractivity contribution in [3.63, 3.8) is 0 Å². The van der Waals surface area contributed by atoms with Crippen LogP contribution in [0.2, 0.25) is 10.0 Å². The first-order valence-corrected chi connectivity index (χ1v) is 11.4. The van der Waals surface area contributed by atoms with E-state index in [4.69, 9.17) is 32.7 Å². The van der Waals surface area contributed by atoms with Gasteiger partial charge < -0.3 is 14.8 Å². The average Bonchev–Trinajstić information content (AvgIpc) is 2.84. The third-order valence-corrected chi connectivity index (χ3v) is 5.64. The van der Waals surface area contributed by atoms with E-state index in [1.807, 2.05) is 26.0 Å². The number of benzene rings is 3. The Morgan fingerprint density at radius 3 is 2.51 bits per heavy atom. The van der Waals surface area contributed by atoms with E-state index in [0.29, 0.717) is 45.5 Å². The van der Waals surface area contributed by atoms with Gasteiger partial charge in [-0.25, -0.2) is 0 Å². The van der Waals surface area contributed by atoms with E-state index < -0.39 is 5.91 Å². The molecule has 0 spiro atoms. The van der Waals surface area contributed by atoms with Crippen molar-refractivity contribution in [1.82, 2.24) is 0 Å². The topological polar surface area (TPSA) is 95.1 Å². The number of halogens is 2. The highest BCUT2D eigenvalue weighted by Gasteiger charge is 2.16. The molecule has 0 aliphatic rings. The summed E-state index contributed by atoms with van der Waals surface area (Å²) >= 11 is 12.6. The van der Waals surface area contributed by atoms with E-state index in [2.05, 4.69) is 11.4 Å². The van der Waals surface area contributed by atoms with E-state index in [1.165, 1.54) is 6.08 Å². The molecule has 0 saturated carbocycles. The van der Waals surface area contributed by atoms with Crippen LogP contribution in [0.15, 0.2) is 60.2 Å². The van der Waals surface area contributed by atoms with Crippen molar-refractivity contribution in [2.45, 2.75) is 20.5 Å². The summed E-state index contributed by atoms with van der Waals surface area (Å²) in [5.41, 5.74) is 2.91. The third-order valence-electron chi connectivity index (χ3n) is 4.95. The van der Waals surface area contributed by atoms with Crippen molar-refractivity contribution < 1.29 is 14.3 Å². The Bertz CT molecular complexity index is 1370. The number of ether oxygens (including phenoxy) is 2. The minimum Gasteiger partial charge on any atom is -0.490 e. The monoisotopic (exact) mass is 505 g/mol. The van der Waals surface area contributed by atoms with Crippen LogP contribution in [-0.2, 0) is 11.4 Å². The van der Waals surface area contributed by atoms with Gasteiger partial charge in [0.1, 0.15) is 18.2 Å². The Kier molecular flexibility index (Phi) is 8.75. The third kappa shape index (κ3) is 6.55. The Morgan fingerprint density at radius 2 is 1.83 bits per heavy atom. The minimum atomic E-state index is -0.588. The molecule has 176 valence electrons. The highest BCUT2D eigenvalue weighted by Crippen LogP contribution is 2.38. The largest absolute Gasteiger partial charge is 0.490 e. The van der Waals surface area contributed by atoms with E-state index in [9.17, 15) is 15.3 Å². The lowest BCUT2D eigenvalue weighted by Gasteiger charge is -2.15. The van der Waals surface area contributed by atoms with Gasteiger partial charge in [-0.1, -0.05) is 47.5 Å². The van der Waals surface area contributed by atoms with Crippen LogP contribution in [0.4, 0.5) is 5.69 Å². The summed E-state index contributed by atoms with van der Waals surface area (Å²) in [6.07, 6.45) is 1.41. The number of rotatable bonds is 8. The summed E-state index contributed by atoms with van der Waals surface area (Å²) in [5, 5.41) is 22.3. The second kappa shape index (κ2) is 11.9. The van der Waals surface area contributed by atoms with Crippen LogP contribution >= 0.6 is 23.2 Å². The maximum Gasteiger partial charge on any atom is 0.266 e. The van der Waals surface area contributed by atoms with Crippen molar-refractivity contribution in [2.75, 3.05) is 11.9 Å². The number of carbonyl (C=O) groups is 1. The molecule has 3 aromatic carbocycles. The van der Waals surface area contributed by atoms with Crippen molar-refractivity contribution in [2.24, 2.45) is 0 Å². The van der Waals surface area contributed by atoms with Crippen LogP contribution in [0, 0.1) is 29.6 Å². The first-order chi connectivity index (χ1) is 16.9. The molecule has 0 atom stereocenters.